The summed E-state index contributed by atoms with van der Waals surface area (Å²) in [6.07, 6.45) is 0.911. The Morgan fingerprint density at radius 1 is 1.36 bits per heavy atom. The third-order valence-corrected chi connectivity index (χ3v) is 4.61. The summed E-state index contributed by atoms with van der Waals surface area (Å²) >= 11 is 0. The third kappa shape index (κ3) is 5.39. The number of carbonyl (C=O) groups is 2. The van der Waals surface area contributed by atoms with E-state index < -0.39 is 24.0 Å². The molecule has 28 heavy (non-hydrogen) atoms. The summed E-state index contributed by atoms with van der Waals surface area (Å²) in [6, 6.07) is 9.09. The van der Waals surface area contributed by atoms with Gasteiger partial charge in [0.2, 0.25) is 0 Å². The van der Waals surface area contributed by atoms with Gasteiger partial charge in [-0.25, -0.2) is 4.98 Å². The predicted octanol–water partition coefficient (Wildman–Crippen LogP) is 1.84. The van der Waals surface area contributed by atoms with Crippen molar-refractivity contribution in [2.75, 3.05) is 6.61 Å². The smallest absolute Gasteiger partial charge is 0.306 e. The van der Waals surface area contributed by atoms with Gasteiger partial charge in [0.25, 0.3) is 11.5 Å². The molecule has 0 aliphatic rings. The van der Waals surface area contributed by atoms with Gasteiger partial charge in [0.1, 0.15) is 11.4 Å². The monoisotopic (exact) mass is 384 g/mol. The first-order valence-corrected chi connectivity index (χ1v) is 9.11. The fourth-order valence-electron chi connectivity index (χ4n) is 2.50. The van der Waals surface area contributed by atoms with Crippen molar-refractivity contribution in [3.05, 3.63) is 40.4 Å². The van der Waals surface area contributed by atoms with Crippen LogP contribution in [0.1, 0.15) is 39.4 Å². The third-order valence-electron chi connectivity index (χ3n) is 4.61. The Morgan fingerprint density at radius 3 is 2.75 bits per heavy atom. The predicted molar refractivity (Wildman–Crippen MR) is 103 cm³/mol. The number of hydrogen-bond donors (Lipinski definition) is 2. The summed E-state index contributed by atoms with van der Waals surface area (Å²) in [5.74, 6) is -0.641. The number of nitrogens with one attached hydrogen (secondary N) is 2. The molecule has 0 bridgehead atoms. The number of fused-ring (bicyclic) bond motifs is 1. The average molecular weight is 384 g/mol. The minimum atomic E-state index is -1.02. The maximum Gasteiger partial charge on any atom is 0.306 e. The Kier molecular flexibility index (Phi) is 6.88. The number of nitrogens with zero attached hydrogens (tertiary/aromatic N) is 2. The van der Waals surface area contributed by atoms with E-state index in [-0.39, 0.29) is 17.9 Å². The van der Waals surface area contributed by atoms with E-state index in [1.165, 1.54) is 0 Å². The first kappa shape index (κ1) is 21.1. The van der Waals surface area contributed by atoms with E-state index in [1.54, 1.807) is 31.2 Å². The standard InChI is InChI=1S/C20H24N4O4/c1-13(2)20(3,12-21)24-17(25)11-28-18(26)10-6-9-16-22-15-8-5-4-7-14(15)19(27)23-16/h4-5,7-8,13H,6,9-11H2,1-3H3,(H,24,25)(H,22,23,27)/t20-/m1/s1. The number of H-pyrrole nitrogens is 1. The molecule has 1 aromatic carbocycles. The van der Waals surface area contributed by atoms with E-state index in [4.69, 9.17) is 4.74 Å². The number of amides is 1. The van der Waals surface area contributed by atoms with E-state index in [1.807, 2.05) is 13.8 Å². The van der Waals surface area contributed by atoms with Gasteiger partial charge < -0.3 is 15.0 Å². The first-order chi connectivity index (χ1) is 13.2. The maximum atomic E-state index is 12.0. The average Bonchev–Trinajstić information content (AvgIpc) is 2.66. The highest BCUT2D eigenvalue weighted by molar-refractivity contribution is 5.81. The van der Waals surface area contributed by atoms with Gasteiger partial charge in [-0.2, -0.15) is 5.26 Å². The molecule has 0 saturated heterocycles. The van der Waals surface area contributed by atoms with Crippen LogP contribution < -0.4 is 10.9 Å². The van der Waals surface area contributed by atoms with Crippen LogP contribution in [0.3, 0.4) is 0 Å². The summed E-state index contributed by atoms with van der Waals surface area (Å²) in [7, 11) is 0. The highest BCUT2D eigenvalue weighted by Crippen LogP contribution is 2.14. The lowest BCUT2D eigenvalue weighted by Crippen LogP contribution is -2.50. The SMILES string of the molecule is CC(C)[C@@](C)(C#N)NC(=O)COC(=O)CCCc1nc2ccccc2c(=O)[nH]1. The molecule has 1 amide bonds. The van der Waals surface area contributed by atoms with Crippen LogP contribution in [0.15, 0.2) is 29.1 Å². The lowest BCUT2D eigenvalue weighted by molar-refractivity contribution is -0.149. The number of benzene rings is 1. The van der Waals surface area contributed by atoms with Gasteiger partial charge >= 0.3 is 5.97 Å². The zero-order chi connectivity index (χ0) is 20.7. The number of aryl methyl sites for hydroxylation is 1. The molecular formula is C20H24N4O4. The fraction of sp³-hybridized carbons (Fsp3) is 0.450. The highest BCUT2D eigenvalue weighted by Gasteiger charge is 2.30. The largest absolute Gasteiger partial charge is 0.456 e. The molecule has 1 heterocycles. The topological polar surface area (TPSA) is 125 Å². The van der Waals surface area contributed by atoms with Crippen molar-refractivity contribution < 1.29 is 14.3 Å². The number of aromatic nitrogens is 2. The van der Waals surface area contributed by atoms with E-state index >= 15 is 0 Å². The minimum Gasteiger partial charge on any atom is -0.456 e. The number of carbonyl (C=O) groups excluding carboxylic acids is 2. The van der Waals surface area contributed by atoms with Crippen molar-refractivity contribution >= 4 is 22.8 Å². The van der Waals surface area contributed by atoms with E-state index in [9.17, 15) is 19.6 Å². The molecule has 2 N–H and O–H groups in total. The number of nitriles is 1. The van der Waals surface area contributed by atoms with Crippen LogP contribution in [-0.4, -0.2) is 34.0 Å². The molecular weight excluding hydrogens is 360 g/mol. The summed E-state index contributed by atoms with van der Waals surface area (Å²) in [5, 5.41) is 12.3. The summed E-state index contributed by atoms with van der Waals surface area (Å²) < 4.78 is 4.95. The number of esters is 1. The second-order valence-electron chi connectivity index (χ2n) is 7.06. The van der Waals surface area contributed by atoms with E-state index in [0.717, 1.165) is 0 Å². The highest BCUT2D eigenvalue weighted by atomic mass is 16.5. The van der Waals surface area contributed by atoms with Crippen molar-refractivity contribution in [2.24, 2.45) is 5.92 Å². The molecule has 0 aliphatic carbocycles. The number of hydrogen-bond acceptors (Lipinski definition) is 6. The van der Waals surface area contributed by atoms with Crippen molar-refractivity contribution in [1.29, 1.82) is 5.26 Å². The van der Waals surface area contributed by atoms with Gasteiger partial charge in [-0.1, -0.05) is 26.0 Å². The molecule has 0 unspecified atom stereocenters. The Bertz CT molecular complexity index is 961. The summed E-state index contributed by atoms with van der Waals surface area (Å²) in [5.41, 5.74) is -0.631. The lowest BCUT2D eigenvalue weighted by Gasteiger charge is -2.27. The zero-order valence-electron chi connectivity index (χ0n) is 16.2. The number of ether oxygens (including phenoxy) is 1. The Balaban J connectivity index is 1.80. The van der Waals surface area contributed by atoms with Crippen LogP contribution in [-0.2, 0) is 20.7 Å². The van der Waals surface area contributed by atoms with Crippen LogP contribution in [0.2, 0.25) is 0 Å². The summed E-state index contributed by atoms with van der Waals surface area (Å²) in [4.78, 5) is 42.8. The molecule has 1 aromatic heterocycles. The number of rotatable bonds is 8. The minimum absolute atomic E-state index is 0.0868. The zero-order valence-corrected chi connectivity index (χ0v) is 16.2. The van der Waals surface area contributed by atoms with Crippen LogP contribution >= 0.6 is 0 Å². The fourth-order valence-corrected chi connectivity index (χ4v) is 2.50. The van der Waals surface area contributed by atoms with Crippen molar-refractivity contribution in [1.82, 2.24) is 15.3 Å². The van der Waals surface area contributed by atoms with Crippen LogP contribution in [0.4, 0.5) is 0 Å². The number of para-hydroxylation sites is 1. The molecule has 2 aromatic rings. The van der Waals surface area contributed by atoms with Gasteiger partial charge in [0, 0.05) is 12.8 Å². The van der Waals surface area contributed by atoms with E-state index in [0.29, 0.717) is 29.6 Å². The molecule has 0 fully saturated rings. The molecule has 0 saturated carbocycles. The molecule has 0 radical (unpaired) electrons. The lowest BCUT2D eigenvalue weighted by atomic mass is 9.90. The molecule has 0 spiro atoms. The Morgan fingerprint density at radius 2 is 2.07 bits per heavy atom. The quantitative estimate of drug-likeness (QED) is 0.669. The van der Waals surface area contributed by atoms with Crippen molar-refractivity contribution in [3.8, 4) is 6.07 Å². The second kappa shape index (κ2) is 9.13. The number of aromatic amines is 1. The van der Waals surface area contributed by atoms with Gasteiger partial charge in [-0.15, -0.1) is 0 Å². The van der Waals surface area contributed by atoms with Gasteiger partial charge in [0.05, 0.1) is 17.0 Å². The first-order valence-electron chi connectivity index (χ1n) is 9.11. The Labute approximate surface area is 162 Å². The van der Waals surface area contributed by atoms with E-state index in [2.05, 4.69) is 21.4 Å². The van der Waals surface area contributed by atoms with Crippen molar-refractivity contribution in [2.45, 2.75) is 45.6 Å². The van der Waals surface area contributed by atoms with Crippen LogP contribution in [0.25, 0.3) is 10.9 Å². The van der Waals surface area contributed by atoms with Gasteiger partial charge in [0.15, 0.2) is 6.61 Å². The van der Waals surface area contributed by atoms with Crippen molar-refractivity contribution in [3.63, 3.8) is 0 Å². The molecule has 2 rings (SSSR count). The normalized spacial score (nSPS) is 13.0. The molecule has 148 valence electrons. The van der Waals surface area contributed by atoms with Gasteiger partial charge in [-0.05, 0) is 31.4 Å². The molecule has 1 atom stereocenters. The molecule has 8 heteroatoms. The van der Waals surface area contributed by atoms with Gasteiger partial charge in [-0.3, -0.25) is 14.4 Å². The molecule has 8 nitrogen and oxygen atoms in total. The molecule has 0 aliphatic heterocycles. The van der Waals surface area contributed by atoms with Crippen LogP contribution in [0, 0.1) is 17.2 Å². The maximum absolute atomic E-state index is 12.0. The second-order valence-corrected chi connectivity index (χ2v) is 7.06. The van der Waals surface area contributed by atoms with Crippen LogP contribution in [0.5, 0.6) is 0 Å². The summed E-state index contributed by atoms with van der Waals surface area (Å²) in [6.45, 7) is 4.82. The Hall–Kier alpha value is -3.21.